The largest absolute Gasteiger partial charge is 0.507 e. The van der Waals surface area contributed by atoms with Crippen molar-refractivity contribution in [2.75, 3.05) is 31.7 Å². The number of phenols is 1. The molecule has 0 saturated carbocycles. The number of rotatable bonds is 4. The number of likely N-dealkylation sites (N-methyl/N-ethyl adjacent to an activating group) is 1. The molecule has 1 saturated heterocycles. The fourth-order valence-electron chi connectivity index (χ4n) is 3.76. The Labute approximate surface area is 204 Å². The van der Waals surface area contributed by atoms with Gasteiger partial charge in [-0.05, 0) is 63.2 Å². The van der Waals surface area contributed by atoms with E-state index in [4.69, 9.17) is 14.3 Å². The van der Waals surface area contributed by atoms with Crippen molar-refractivity contribution in [1.82, 2.24) is 14.9 Å². The highest BCUT2D eigenvalue weighted by molar-refractivity contribution is 7.90. The number of aromatic nitrogens is 2. The van der Waals surface area contributed by atoms with Crippen LogP contribution in [0.4, 0.5) is 19.2 Å². The summed E-state index contributed by atoms with van der Waals surface area (Å²) in [5.41, 5.74) is 2.57. The maximum atomic E-state index is 11.8. The number of likely N-dealkylation sites (tertiary alicyclic amines) is 1. The van der Waals surface area contributed by atoms with Crippen LogP contribution in [0.2, 0.25) is 0 Å². The van der Waals surface area contributed by atoms with E-state index in [0.717, 1.165) is 32.2 Å². The third kappa shape index (κ3) is 6.63. The number of aliphatic carboxylic acids is 1. The molecule has 1 aliphatic heterocycles. The molecule has 1 atom stereocenters. The maximum absolute atomic E-state index is 11.8. The monoisotopic (exact) mass is 530 g/mol. The van der Waals surface area contributed by atoms with Crippen molar-refractivity contribution < 1.29 is 41.0 Å². The van der Waals surface area contributed by atoms with Crippen LogP contribution >= 0.6 is 0 Å². The van der Waals surface area contributed by atoms with Gasteiger partial charge in [-0.1, -0.05) is 0 Å². The average Bonchev–Trinajstić information content (AvgIpc) is 3.14. The van der Waals surface area contributed by atoms with Crippen LogP contribution in [0, 0.1) is 6.92 Å². The van der Waals surface area contributed by atoms with Gasteiger partial charge < -0.3 is 24.8 Å². The summed E-state index contributed by atoms with van der Waals surface area (Å²) < 4.78 is 61.1. The number of carboxylic acid groups (broad SMARTS) is 1. The first kappa shape index (κ1) is 27.2. The molecule has 4 rings (SSSR count). The molecule has 0 unspecified atom stereocenters. The molecule has 0 spiro atoms. The van der Waals surface area contributed by atoms with E-state index in [1.807, 2.05) is 0 Å². The molecule has 3 N–H and O–H groups in total. The number of halogens is 3. The SMILES string of the molecule is Cc1cc(S(C)(=O)=O)cc(O)c1-c1ccc2oc(N[C@@H]3CCCN(C)C3)nc2n1.O=C(O)C(F)(F)F. The lowest BCUT2D eigenvalue weighted by molar-refractivity contribution is -0.192. The number of phenolic OH excluding ortho intramolecular Hbond substituents is 1. The van der Waals surface area contributed by atoms with Crippen molar-refractivity contribution in [3.05, 3.63) is 29.8 Å². The molecule has 1 aliphatic rings. The van der Waals surface area contributed by atoms with Gasteiger partial charge in [0.05, 0.1) is 10.6 Å². The number of hydrogen-bond donors (Lipinski definition) is 3. The molecular formula is C22H25F3N4O6S. The number of anilines is 1. The molecule has 1 aromatic carbocycles. The third-order valence-electron chi connectivity index (χ3n) is 5.42. The Morgan fingerprint density at radius 1 is 1.25 bits per heavy atom. The number of fused-ring (bicyclic) bond motifs is 1. The summed E-state index contributed by atoms with van der Waals surface area (Å²) in [6.07, 6.45) is -1.79. The van der Waals surface area contributed by atoms with Gasteiger partial charge in [-0.2, -0.15) is 18.2 Å². The van der Waals surface area contributed by atoms with Crippen LogP contribution in [0.25, 0.3) is 22.5 Å². The average molecular weight is 531 g/mol. The molecule has 36 heavy (non-hydrogen) atoms. The number of nitrogens with zero attached hydrogens (tertiary/aromatic N) is 3. The molecule has 10 nitrogen and oxygen atoms in total. The second kappa shape index (κ2) is 10.3. The predicted molar refractivity (Wildman–Crippen MR) is 125 cm³/mol. The fourth-order valence-corrected chi connectivity index (χ4v) is 4.48. The van der Waals surface area contributed by atoms with Crippen LogP contribution in [0.15, 0.2) is 33.6 Å². The molecule has 3 aromatic rings. The van der Waals surface area contributed by atoms with Crippen molar-refractivity contribution in [1.29, 1.82) is 0 Å². The zero-order valence-corrected chi connectivity index (χ0v) is 20.4. The first-order valence-corrected chi connectivity index (χ1v) is 12.6. The Bertz CT molecular complexity index is 1350. The number of oxazole rings is 1. The van der Waals surface area contributed by atoms with Gasteiger partial charge in [-0.3, -0.25) is 0 Å². The summed E-state index contributed by atoms with van der Waals surface area (Å²) in [5, 5.41) is 20.9. The van der Waals surface area contributed by atoms with E-state index in [1.165, 1.54) is 12.1 Å². The van der Waals surface area contributed by atoms with Crippen LogP contribution in [0.5, 0.6) is 5.75 Å². The van der Waals surface area contributed by atoms with E-state index < -0.39 is 22.0 Å². The van der Waals surface area contributed by atoms with E-state index in [1.54, 1.807) is 19.1 Å². The number of aryl methyl sites for hydroxylation is 1. The molecule has 2 aromatic heterocycles. The lowest BCUT2D eigenvalue weighted by Crippen LogP contribution is -2.39. The third-order valence-corrected chi connectivity index (χ3v) is 6.51. The number of pyridine rings is 1. The minimum Gasteiger partial charge on any atom is -0.507 e. The zero-order chi connectivity index (χ0) is 26.8. The minimum absolute atomic E-state index is 0.0719. The highest BCUT2D eigenvalue weighted by atomic mass is 32.2. The number of hydrogen-bond acceptors (Lipinski definition) is 9. The molecule has 0 aliphatic carbocycles. The predicted octanol–water partition coefficient (Wildman–Crippen LogP) is 3.45. The van der Waals surface area contributed by atoms with Gasteiger partial charge in [0.15, 0.2) is 15.4 Å². The van der Waals surface area contributed by atoms with E-state index in [0.29, 0.717) is 34.1 Å². The first-order valence-electron chi connectivity index (χ1n) is 10.7. The van der Waals surface area contributed by atoms with Gasteiger partial charge in [-0.15, -0.1) is 0 Å². The zero-order valence-electron chi connectivity index (χ0n) is 19.6. The van der Waals surface area contributed by atoms with Gasteiger partial charge >= 0.3 is 12.1 Å². The highest BCUT2D eigenvalue weighted by Crippen LogP contribution is 2.35. The fraction of sp³-hybridized carbons (Fsp3) is 0.409. The number of aromatic hydroxyl groups is 1. The first-order chi connectivity index (χ1) is 16.6. The lowest BCUT2D eigenvalue weighted by Gasteiger charge is -2.29. The molecular weight excluding hydrogens is 505 g/mol. The van der Waals surface area contributed by atoms with Crippen molar-refractivity contribution in [3.8, 4) is 17.0 Å². The van der Waals surface area contributed by atoms with Crippen LogP contribution in [-0.4, -0.2) is 78.1 Å². The number of benzene rings is 1. The van der Waals surface area contributed by atoms with Crippen molar-refractivity contribution in [2.45, 2.75) is 36.9 Å². The van der Waals surface area contributed by atoms with Crippen LogP contribution in [0.1, 0.15) is 18.4 Å². The number of nitrogens with one attached hydrogen (secondary N) is 1. The highest BCUT2D eigenvalue weighted by Gasteiger charge is 2.38. The molecule has 0 radical (unpaired) electrons. The van der Waals surface area contributed by atoms with Crippen LogP contribution in [0.3, 0.4) is 0 Å². The quantitative estimate of drug-likeness (QED) is 0.458. The number of sulfone groups is 1. The number of piperidine rings is 1. The summed E-state index contributed by atoms with van der Waals surface area (Å²) in [6, 6.07) is 6.97. The summed E-state index contributed by atoms with van der Waals surface area (Å²) in [7, 11) is -1.32. The maximum Gasteiger partial charge on any atom is 0.490 e. The molecule has 196 valence electrons. The smallest absolute Gasteiger partial charge is 0.490 e. The molecule has 3 heterocycles. The molecule has 0 amide bonds. The van der Waals surface area contributed by atoms with Crippen molar-refractivity contribution >= 4 is 33.1 Å². The Morgan fingerprint density at radius 2 is 1.92 bits per heavy atom. The van der Waals surface area contributed by atoms with E-state index in [-0.39, 0.29) is 16.7 Å². The Morgan fingerprint density at radius 3 is 2.47 bits per heavy atom. The van der Waals surface area contributed by atoms with Gasteiger partial charge in [0.25, 0.3) is 6.01 Å². The Kier molecular flexibility index (Phi) is 7.79. The lowest BCUT2D eigenvalue weighted by atomic mass is 10.0. The van der Waals surface area contributed by atoms with Gasteiger partial charge in [0.1, 0.15) is 5.75 Å². The summed E-state index contributed by atoms with van der Waals surface area (Å²) in [4.78, 5) is 20.2. The van der Waals surface area contributed by atoms with Crippen molar-refractivity contribution in [2.24, 2.45) is 0 Å². The number of alkyl halides is 3. The van der Waals surface area contributed by atoms with Crippen molar-refractivity contribution in [3.63, 3.8) is 0 Å². The summed E-state index contributed by atoms with van der Waals surface area (Å²) in [6.45, 7) is 3.76. The topological polar surface area (TPSA) is 146 Å². The molecule has 0 bridgehead atoms. The molecule has 14 heteroatoms. The second-order valence-electron chi connectivity index (χ2n) is 8.49. The Balaban J connectivity index is 0.000000454. The number of carbonyl (C=O) groups is 1. The van der Waals surface area contributed by atoms with E-state index >= 15 is 0 Å². The summed E-state index contributed by atoms with van der Waals surface area (Å²) >= 11 is 0. The van der Waals surface area contributed by atoms with Gasteiger partial charge in [-0.25, -0.2) is 18.2 Å². The van der Waals surface area contributed by atoms with Gasteiger partial charge in [0, 0.05) is 24.4 Å². The van der Waals surface area contributed by atoms with Gasteiger partial charge in [0.2, 0.25) is 5.65 Å². The number of carboxylic acids is 1. The molecule has 1 fully saturated rings. The Hall–Kier alpha value is -3.39. The van der Waals surface area contributed by atoms with Crippen LogP contribution in [-0.2, 0) is 14.6 Å². The van der Waals surface area contributed by atoms with E-state index in [9.17, 15) is 26.7 Å². The van der Waals surface area contributed by atoms with E-state index in [2.05, 4.69) is 27.2 Å². The standard InChI is InChI=1S/C20H24N4O4S.C2HF3O2/c1-12-9-14(29(3,26)27)10-16(25)18(12)15-6-7-17-19(22-15)23-20(28-17)21-13-5-4-8-24(2)11-13;3-2(4,5)1(6)7/h6-7,9-10,13,25H,4-5,8,11H2,1-3H3,(H,21,22,23);(H,6,7)/t13-;/m1./s1. The minimum atomic E-state index is -5.08. The second-order valence-corrected chi connectivity index (χ2v) is 10.5. The van der Waals surface area contributed by atoms with Crippen LogP contribution < -0.4 is 5.32 Å². The summed E-state index contributed by atoms with van der Waals surface area (Å²) in [5.74, 6) is -2.89. The normalized spacial score (nSPS) is 16.9.